The second-order valence-corrected chi connectivity index (χ2v) is 20.7. The van der Waals surface area contributed by atoms with Crippen LogP contribution in [0.25, 0.3) is 22.3 Å². The molecule has 0 atom stereocenters. The molecule has 0 aliphatic heterocycles. The van der Waals surface area contributed by atoms with Gasteiger partial charge < -0.3 is 9.47 Å². The minimum Gasteiger partial charge on any atom is -0.449 e. The summed E-state index contributed by atoms with van der Waals surface area (Å²) in [4.78, 5) is 30.1. The highest BCUT2D eigenvalue weighted by Crippen LogP contribution is 2.51. The van der Waals surface area contributed by atoms with Crippen molar-refractivity contribution >= 4 is 11.9 Å². The van der Waals surface area contributed by atoms with Gasteiger partial charge in [0.15, 0.2) is 12.2 Å². The minimum atomic E-state index is -0.559. The van der Waals surface area contributed by atoms with Crippen LogP contribution in [0.5, 0.6) is 0 Å². The quantitative estimate of drug-likeness (QED) is 0.0318. The predicted octanol–water partition coefficient (Wildman–Crippen LogP) is 19.2. The molecule has 374 valence electrons. The summed E-state index contributed by atoms with van der Waals surface area (Å²) in [6.07, 6.45) is 32.0. The van der Waals surface area contributed by atoms with Gasteiger partial charge in [-0.05, 0) is 108 Å². The number of hydrogen-bond acceptors (Lipinski definition) is 4. The second kappa shape index (κ2) is 28.2. The van der Waals surface area contributed by atoms with Gasteiger partial charge in [-0.25, -0.2) is 9.59 Å². The van der Waals surface area contributed by atoms with Gasteiger partial charge >= 0.3 is 11.9 Å². The van der Waals surface area contributed by atoms with E-state index in [1.54, 1.807) is 12.1 Å². The molecule has 5 aromatic carbocycles. The highest BCUT2D eigenvalue weighted by molar-refractivity contribution is 6.04. The number of carbonyl (C=O) groups excluding carboxylic acids is 2. The lowest BCUT2D eigenvalue weighted by Gasteiger charge is -2.22. The number of fused-ring (bicyclic) bond motifs is 6. The van der Waals surface area contributed by atoms with Crippen LogP contribution in [0.1, 0.15) is 259 Å². The molecule has 0 amide bonds. The van der Waals surface area contributed by atoms with Crippen molar-refractivity contribution in [3.8, 4) is 22.3 Å². The van der Waals surface area contributed by atoms with E-state index < -0.39 is 24.1 Å². The van der Waals surface area contributed by atoms with E-state index >= 15 is 9.59 Å². The summed E-state index contributed by atoms with van der Waals surface area (Å²) in [7, 11) is 0. The first-order valence-electron chi connectivity index (χ1n) is 28.5. The Bertz CT molecular complexity index is 2120. The third-order valence-corrected chi connectivity index (χ3v) is 15.4. The summed E-state index contributed by atoms with van der Waals surface area (Å²) in [6, 6.07) is 33.8. The molecule has 2 aliphatic carbocycles. The van der Waals surface area contributed by atoms with E-state index in [1.165, 1.54) is 173 Å². The van der Waals surface area contributed by atoms with E-state index in [9.17, 15) is 0 Å². The Kier molecular flexibility index (Phi) is 21.3. The molecule has 2 aliphatic rings. The number of aryl methyl sites for hydroxylation is 4. The normalized spacial score (nSPS) is 12.7. The first kappa shape index (κ1) is 52.9. The summed E-state index contributed by atoms with van der Waals surface area (Å²) in [5.74, 6) is -0.973. The maximum atomic E-state index is 15.0. The van der Waals surface area contributed by atoms with E-state index in [-0.39, 0.29) is 11.1 Å². The predicted molar refractivity (Wildman–Crippen MR) is 293 cm³/mol. The fourth-order valence-corrected chi connectivity index (χ4v) is 11.6. The van der Waals surface area contributed by atoms with Gasteiger partial charge in [-0.3, -0.25) is 0 Å². The summed E-state index contributed by atoms with van der Waals surface area (Å²) in [5, 5.41) is 0. The van der Waals surface area contributed by atoms with Crippen molar-refractivity contribution in [2.45, 2.75) is 220 Å². The number of unbranched alkanes of at least 4 members (excludes halogenated alkanes) is 20. The molecular formula is C66H86O4. The smallest absolute Gasteiger partial charge is 0.339 e. The molecule has 0 bridgehead atoms. The second-order valence-electron chi connectivity index (χ2n) is 20.7. The van der Waals surface area contributed by atoms with Crippen LogP contribution in [0, 0.1) is 0 Å². The monoisotopic (exact) mass is 943 g/mol. The molecule has 7 rings (SSSR count). The third-order valence-electron chi connectivity index (χ3n) is 15.4. The molecule has 4 heteroatoms. The van der Waals surface area contributed by atoms with E-state index in [1.807, 2.05) is 12.1 Å². The van der Waals surface area contributed by atoms with Crippen LogP contribution in [0.15, 0.2) is 97.1 Å². The van der Waals surface area contributed by atoms with E-state index in [2.05, 4.69) is 100 Å². The first-order valence-corrected chi connectivity index (χ1v) is 28.5. The molecule has 0 unspecified atom stereocenters. The van der Waals surface area contributed by atoms with Crippen molar-refractivity contribution in [3.05, 3.63) is 153 Å². The third kappa shape index (κ3) is 13.5. The van der Waals surface area contributed by atoms with Crippen molar-refractivity contribution in [3.63, 3.8) is 0 Å². The van der Waals surface area contributed by atoms with Gasteiger partial charge in [-0.2, -0.15) is 0 Å². The highest BCUT2D eigenvalue weighted by atomic mass is 16.6. The highest BCUT2D eigenvalue weighted by Gasteiger charge is 2.39. The Labute approximate surface area is 423 Å². The molecule has 0 spiro atoms. The Morgan fingerprint density at radius 3 is 0.814 bits per heavy atom. The molecule has 0 aromatic heterocycles. The zero-order chi connectivity index (χ0) is 48.9. The van der Waals surface area contributed by atoms with Crippen molar-refractivity contribution in [1.29, 1.82) is 0 Å². The zero-order valence-electron chi connectivity index (χ0n) is 43.8. The zero-order valence-corrected chi connectivity index (χ0v) is 43.8. The van der Waals surface area contributed by atoms with Crippen LogP contribution in [0.4, 0.5) is 0 Å². The summed E-state index contributed by atoms with van der Waals surface area (Å²) < 4.78 is 13.7. The number of rotatable bonds is 32. The van der Waals surface area contributed by atoms with Crippen LogP contribution in [-0.2, 0) is 35.2 Å². The minimum absolute atomic E-state index is 0.253. The maximum absolute atomic E-state index is 15.0. The molecule has 5 aromatic rings. The fraction of sp³-hybridized carbons (Fsp3) is 0.515. The summed E-state index contributed by atoms with van der Waals surface area (Å²) in [5.41, 5.74) is 14.7. The molecule has 0 fully saturated rings. The van der Waals surface area contributed by atoms with Gasteiger partial charge in [-0.1, -0.05) is 241 Å². The Balaban J connectivity index is 1.18. The number of esters is 2. The molecule has 0 saturated carbocycles. The van der Waals surface area contributed by atoms with Crippen LogP contribution in [-0.4, -0.2) is 11.9 Å². The van der Waals surface area contributed by atoms with E-state index in [0.29, 0.717) is 0 Å². The van der Waals surface area contributed by atoms with Crippen LogP contribution < -0.4 is 0 Å². The van der Waals surface area contributed by atoms with E-state index in [4.69, 9.17) is 9.47 Å². The number of hydrogen-bond donors (Lipinski definition) is 0. The van der Waals surface area contributed by atoms with Gasteiger partial charge in [0.1, 0.15) is 0 Å². The Morgan fingerprint density at radius 2 is 0.557 bits per heavy atom. The number of ether oxygens (including phenoxy) is 2. The van der Waals surface area contributed by atoms with Crippen LogP contribution in [0.3, 0.4) is 0 Å². The Morgan fingerprint density at radius 1 is 0.314 bits per heavy atom. The molecule has 0 radical (unpaired) electrons. The molecule has 0 saturated heterocycles. The van der Waals surface area contributed by atoms with Crippen molar-refractivity contribution in [1.82, 2.24) is 0 Å². The average molecular weight is 943 g/mol. The summed E-state index contributed by atoms with van der Waals surface area (Å²) >= 11 is 0. The van der Waals surface area contributed by atoms with Gasteiger partial charge in [0, 0.05) is 22.3 Å². The van der Waals surface area contributed by atoms with Crippen molar-refractivity contribution in [2.24, 2.45) is 0 Å². The lowest BCUT2D eigenvalue weighted by Crippen LogP contribution is -2.19. The molecule has 0 heterocycles. The van der Waals surface area contributed by atoms with Gasteiger partial charge in [0.25, 0.3) is 0 Å². The number of carbonyl (C=O) groups is 2. The van der Waals surface area contributed by atoms with Gasteiger partial charge in [-0.15, -0.1) is 0 Å². The first-order chi connectivity index (χ1) is 34.5. The maximum Gasteiger partial charge on any atom is 0.339 e. The van der Waals surface area contributed by atoms with Gasteiger partial charge in [0.2, 0.25) is 0 Å². The molecule has 70 heavy (non-hydrogen) atoms. The summed E-state index contributed by atoms with van der Waals surface area (Å²) in [6.45, 7) is 9.07. The molecule has 0 N–H and O–H groups in total. The molecular weight excluding hydrogens is 857 g/mol. The van der Waals surface area contributed by atoms with Crippen LogP contribution >= 0.6 is 0 Å². The average Bonchev–Trinajstić information content (AvgIpc) is 3.89. The van der Waals surface area contributed by atoms with E-state index in [0.717, 1.165) is 73.6 Å². The van der Waals surface area contributed by atoms with Crippen molar-refractivity contribution in [2.75, 3.05) is 0 Å². The van der Waals surface area contributed by atoms with Crippen molar-refractivity contribution < 1.29 is 19.1 Å². The lowest BCUT2D eigenvalue weighted by atomic mass is 9.94. The van der Waals surface area contributed by atoms with Gasteiger partial charge in [0.05, 0.1) is 11.1 Å². The van der Waals surface area contributed by atoms with Crippen LogP contribution in [0.2, 0.25) is 0 Å². The largest absolute Gasteiger partial charge is 0.449 e. The fourth-order valence-electron chi connectivity index (χ4n) is 11.6. The molecule has 4 nitrogen and oxygen atoms in total. The lowest BCUT2D eigenvalue weighted by molar-refractivity contribution is 0.0334. The topological polar surface area (TPSA) is 52.6 Å². The SMILES string of the molecule is CCCCCCCCc1cccc2c1C(OC(=O)c1ccccc1C(=O)OC1c3c(CCCCCCCC)cccc3-c3cccc(CCCCCCCC)c31)c1c(CCCCCCCC)cccc1-2. The Hall–Kier alpha value is -4.96. The number of benzene rings is 5. The standard InChI is InChI=1S/C66H86O4/c1-5-9-13-17-21-25-35-49-39-31-45-53-54-46-32-40-50(36-26-22-18-14-10-6-2)60(54)63(59(49)53)69-65(67)57-43-29-30-44-58(57)66(68)70-64-61-51(37-27-23-19-15-11-7-3)41-33-47-55(61)56-48-34-42-52(62(56)64)38-28-24-20-16-12-8-4/h29-34,39-48,63-64H,5-28,35-38H2,1-4H3.